The number of benzene rings is 3. The number of aliphatic hydroxyl groups is 1. The maximum Gasteiger partial charge on any atom is 0.573 e. The first kappa shape index (κ1) is 27.2. The van der Waals surface area contributed by atoms with Crippen molar-refractivity contribution in [2.24, 2.45) is 0 Å². The fourth-order valence-corrected chi connectivity index (χ4v) is 4.86. The summed E-state index contributed by atoms with van der Waals surface area (Å²) in [7, 11) is 2.59. The number of carbonyl (C=O) groups excluding carboxylic acids is 2. The Morgan fingerprint density at radius 1 is 0.947 bits per heavy atom. The van der Waals surface area contributed by atoms with Crippen LogP contribution in [0.2, 0.25) is 10.0 Å². The first-order valence-corrected chi connectivity index (χ1v) is 11.6. The second-order valence-electron chi connectivity index (χ2n) is 7.91. The Morgan fingerprint density at radius 3 is 2.21 bits per heavy atom. The molecule has 3 aromatic carbocycles. The first-order chi connectivity index (χ1) is 18.0. The van der Waals surface area contributed by atoms with Crippen molar-refractivity contribution in [2.75, 3.05) is 19.1 Å². The third-order valence-corrected chi connectivity index (χ3v) is 6.31. The molecule has 1 unspecified atom stereocenters. The van der Waals surface area contributed by atoms with E-state index in [2.05, 4.69) is 4.74 Å². The molecule has 198 valence electrons. The molecule has 1 atom stereocenters. The lowest BCUT2D eigenvalue weighted by molar-refractivity contribution is -0.274. The van der Waals surface area contributed by atoms with Crippen LogP contribution >= 0.6 is 23.2 Å². The number of anilines is 1. The van der Waals surface area contributed by atoms with E-state index < -0.39 is 35.6 Å². The van der Waals surface area contributed by atoms with Crippen LogP contribution in [0, 0.1) is 0 Å². The highest BCUT2D eigenvalue weighted by molar-refractivity contribution is 6.52. The van der Waals surface area contributed by atoms with Gasteiger partial charge in [0.2, 0.25) is 0 Å². The van der Waals surface area contributed by atoms with E-state index >= 15 is 0 Å². The third kappa shape index (κ3) is 4.97. The molecule has 1 heterocycles. The minimum Gasteiger partial charge on any atom is -0.507 e. The van der Waals surface area contributed by atoms with Crippen LogP contribution in [0.5, 0.6) is 17.2 Å². The van der Waals surface area contributed by atoms with Crippen LogP contribution in [0.4, 0.5) is 18.9 Å². The van der Waals surface area contributed by atoms with Crippen molar-refractivity contribution in [1.29, 1.82) is 0 Å². The van der Waals surface area contributed by atoms with Crippen LogP contribution < -0.4 is 19.1 Å². The second-order valence-corrected chi connectivity index (χ2v) is 8.70. The Kier molecular flexibility index (Phi) is 7.48. The number of ether oxygens (including phenoxy) is 3. The monoisotopic (exact) mass is 567 g/mol. The third-order valence-electron chi connectivity index (χ3n) is 5.68. The minimum absolute atomic E-state index is 0.0117. The molecule has 1 aliphatic heterocycles. The molecule has 1 N–H and O–H groups in total. The molecule has 1 fully saturated rings. The molecule has 38 heavy (non-hydrogen) atoms. The van der Waals surface area contributed by atoms with E-state index in [-0.39, 0.29) is 38.4 Å². The summed E-state index contributed by atoms with van der Waals surface area (Å²) in [5, 5.41) is 11.3. The van der Waals surface area contributed by atoms with Crippen LogP contribution in [0.15, 0.2) is 66.2 Å². The number of halogens is 5. The quantitative estimate of drug-likeness (QED) is 0.207. The summed E-state index contributed by atoms with van der Waals surface area (Å²) in [6, 6.07) is 12.8. The van der Waals surface area contributed by atoms with Gasteiger partial charge in [0.15, 0.2) is 11.5 Å². The maximum absolute atomic E-state index is 13.3. The van der Waals surface area contributed by atoms with Gasteiger partial charge in [-0.2, -0.15) is 0 Å². The number of nitrogens with zero attached hydrogens (tertiary/aromatic N) is 1. The maximum atomic E-state index is 13.3. The fourth-order valence-electron chi connectivity index (χ4n) is 4.17. The SMILES string of the molecule is COc1c(Cl)cc(/C(O)=C2\C(=O)C(=O)N(c3cccc(OC(F)(F)F)c3)C2c2ccccc2)c(OC)c1Cl. The van der Waals surface area contributed by atoms with Crippen molar-refractivity contribution in [3.63, 3.8) is 0 Å². The lowest BCUT2D eigenvalue weighted by Crippen LogP contribution is -2.29. The van der Waals surface area contributed by atoms with Gasteiger partial charge in [-0.15, -0.1) is 13.2 Å². The number of aliphatic hydroxyl groups excluding tert-OH is 1. The van der Waals surface area contributed by atoms with Gasteiger partial charge in [-0.3, -0.25) is 14.5 Å². The molecule has 0 aromatic heterocycles. The van der Waals surface area contributed by atoms with E-state index in [1.165, 1.54) is 32.4 Å². The van der Waals surface area contributed by atoms with Gasteiger partial charge in [-0.1, -0.05) is 59.6 Å². The zero-order valence-corrected chi connectivity index (χ0v) is 21.2. The van der Waals surface area contributed by atoms with Gasteiger partial charge in [0.1, 0.15) is 16.5 Å². The largest absolute Gasteiger partial charge is 0.573 e. The molecule has 1 saturated heterocycles. The lowest BCUT2D eigenvalue weighted by Gasteiger charge is -2.26. The molecule has 0 spiro atoms. The summed E-state index contributed by atoms with van der Waals surface area (Å²) in [5.41, 5.74) is -0.144. The number of hydrogen-bond donors (Lipinski definition) is 1. The van der Waals surface area contributed by atoms with Crippen LogP contribution in [-0.2, 0) is 9.59 Å². The number of Topliss-reactive ketones (excluding diaryl/α,β-unsaturated/α-hetero) is 1. The molecule has 1 aliphatic rings. The van der Waals surface area contributed by atoms with Crippen molar-refractivity contribution < 1.29 is 42.1 Å². The van der Waals surface area contributed by atoms with Crippen LogP contribution in [0.1, 0.15) is 17.2 Å². The minimum atomic E-state index is -4.98. The van der Waals surface area contributed by atoms with Crippen LogP contribution in [0.25, 0.3) is 5.76 Å². The molecular weight excluding hydrogens is 550 g/mol. The molecule has 0 radical (unpaired) electrons. The van der Waals surface area contributed by atoms with Crippen molar-refractivity contribution >= 4 is 46.3 Å². The van der Waals surface area contributed by atoms with E-state index in [9.17, 15) is 27.9 Å². The Morgan fingerprint density at radius 2 is 1.61 bits per heavy atom. The average molecular weight is 568 g/mol. The highest BCUT2D eigenvalue weighted by Crippen LogP contribution is 2.48. The summed E-state index contributed by atoms with van der Waals surface area (Å²) < 4.78 is 53.0. The van der Waals surface area contributed by atoms with E-state index in [1.807, 2.05) is 0 Å². The fraction of sp³-hybridized carbons (Fsp3) is 0.154. The molecule has 0 bridgehead atoms. The number of ketones is 1. The molecule has 12 heteroatoms. The molecular formula is C26H18Cl2F3NO6. The van der Waals surface area contributed by atoms with Crippen molar-refractivity contribution in [2.45, 2.75) is 12.4 Å². The van der Waals surface area contributed by atoms with E-state index in [0.717, 1.165) is 17.0 Å². The Labute approximate surface area is 224 Å². The Balaban J connectivity index is 1.96. The lowest BCUT2D eigenvalue weighted by atomic mass is 9.94. The number of alkyl halides is 3. The topological polar surface area (TPSA) is 85.3 Å². The van der Waals surface area contributed by atoms with Crippen LogP contribution in [-0.4, -0.2) is 37.4 Å². The first-order valence-electron chi connectivity index (χ1n) is 10.8. The summed E-state index contributed by atoms with van der Waals surface area (Å²) in [6.45, 7) is 0. The van der Waals surface area contributed by atoms with Gasteiger partial charge >= 0.3 is 6.36 Å². The zero-order valence-electron chi connectivity index (χ0n) is 19.7. The summed E-state index contributed by atoms with van der Waals surface area (Å²) >= 11 is 12.6. The predicted octanol–water partition coefficient (Wildman–Crippen LogP) is 6.54. The highest BCUT2D eigenvalue weighted by atomic mass is 35.5. The smallest absolute Gasteiger partial charge is 0.507 e. The van der Waals surface area contributed by atoms with Crippen LogP contribution in [0.3, 0.4) is 0 Å². The molecule has 1 amide bonds. The molecule has 3 aromatic rings. The number of rotatable bonds is 6. The number of carbonyl (C=O) groups is 2. The molecule has 4 rings (SSSR count). The van der Waals surface area contributed by atoms with Gasteiger partial charge in [-0.25, -0.2) is 0 Å². The van der Waals surface area contributed by atoms with Gasteiger partial charge in [-0.05, 0) is 23.8 Å². The van der Waals surface area contributed by atoms with Crippen molar-refractivity contribution in [3.8, 4) is 17.2 Å². The van der Waals surface area contributed by atoms with Gasteiger partial charge in [0.25, 0.3) is 11.7 Å². The molecule has 0 saturated carbocycles. The number of amides is 1. The normalized spacial score (nSPS) is 17.0. The number of methoxy groups -OCH3 is 2. The van der Waals surface area contributed by atoms with E-state index in [4.69, 9.17) is 32.7 Å². The van der Waals surface area contributed by atoms with Gasteiger partial charge in [0.05, 0.1) is 36.4 Å². The zero-order chi connectivity index (χ0) is 27.8. The summed E-state index contributed by atoms with van der Waals surface area (Å²) in [5.74, 6) is -3.46. The van der Waals surface area contributed by atoms with Gasteiger partial charge in [0, 0.05) is 11.8 Å². The second kappa shape index (κ2) is 10.5. The summed E-state index contributed by atoms with van der Waals surface area (Å²) in [4.78, 5) is 27.6. The standard InChI is InChI=1S/C26H18Cl2F3NO6/c1-36-23-16(12-17(27)24(37-2)19(23)28)21(33)18-20(13-7-4-3-5-8-13)32(25(35)22(18)34)14-9-6-10-15(11-14)38-26(29,30)31/h3-12,20,33H,1-2H3/b21-18+. The van der Waals surface area contributed by atoms with E-state index in [0.29, 0.717) is 5.56 Å². The molecule has 0 aliphatic carbocycles. The van der Waals surface area contributed by atoms with Crippen molar-refractivity contribution in [1.82, 2.24) is 0 Å². The van der Waals surface area contributed by atoms with Gasteiger partial charge < -0.3 is 19.3 Å². The van der Waals surface area contributed by atoms with Crippen molar-refractivity contribution in [3.05, 3.63) is 87.4 Å². The molecule has 7 nitrogen and oxygen atoms in total. The highest BCUT2D eigenvalue weighted by Gasteiger charge is 2.47. The number of hydrogen-bond acceptors (Lipinski definition) is 6. The average Bonchev–Trinajstić information content (AvgIpc) is 3.13. The predicted molar refractivity (Wildman–Crippen MR) is 134 cm³/mol. The Hall–Kier alpha value is -3.89. The van der Waals surface area contributed by atoms with E-state index in [1.54, 1.807) is 30.3 Å². The summed E-state index contributed by atoms with van der Waals surface area (Å²) in [6.07, 6.45) is -4.98. The Bertz CT molecular complexity index is 1440.